The van der Waals surface area contributed by atoms with Crippen LogP contribution in [0.25, 0.3) is 0 Å². The van der Waals surface area contributed by atoms with Gasteiger partial charge in [0.25, 0.3) is 0 Å². The SMILES string of the molecule is CN(C)CC=CC(=O)N1CCN(c2nc(OCC3CCCN3C)nc3c2CCC(N2CCCc4ccccc42)C3)CC1CC#N. The summed E-state index contributed by atoms with van der Waals surface area (Å²) in [5.41, 5.74) is 5.08. The van der Waals surface area contributed by atoms with E-state index in [4.69, 9.17) is 14.7 Å². The smallest absolute Gasteiger partial charge is 0.318 e. The van der Waals surface area contributed by atoms with Crippen LogP contribution < -0.4 is 14.5 Å². The third-order valence-corrected chi connectivity index (χ3v) is 9.99. The van der Waals surface area contributed by atoms with Crippen molar-refractivity contribution in [3.05, 3.63) is 53.2 Å². The molecule has 0 N–H and O–H groups in total. The predicted octanol–water partition coefficient (Wildman–Crippen LogP) is 3.31. The Morgan fingerprint density at radius 1 is 1.09 bits per heavy atom. The van der Waals surface area contributed by atoms with Crippen LogP contribution in [0.15, 0.2) is 36.4 Å². The molecule has 3 aliphatic heterocycles. The van der Waals surface area contributed by atoms with Crippen molar-refractivity contribution < 1.29 is 9.53 Å². The Hall–Kier alpha value is -3.68. The summed E-state index contributed by atoms with van der Waals surface area (Å²) in [7, 11) is 6.12. The maximum atomic E-state index is 13.1. The fourth-order valence-corrected chi connectivity index (χ4v) is 7.53. The molecule has 240 valence electrons. The molecule has 6 rings (SSSR count). The van der Waals surface area contributed by atoms with E-state index in [9.17, 15) is 10.1 Å². The van der Waals surface area contributed by atoms with Crippen molar-refractivity contribution >= 4 is 17.4 Å². The number of amides is 1. The Kier molecular flexibility index (Phi) is 9.86. The van der Waals surface area contributed by atoms with E-state index in [0.717, 1.165) is 56.7 Å². The molecule has 4 heterocycles. The van der Waals surface area contributed by atoms with Crippen LogP contribution >= 0.6 is 0 Å². The first-order valence-corrected chi connectivity index (χ1v) is 16.7. The number of fused-ring (bicyclic) bond motifs is 2. The van der Waals surface area contributed by atoms with Crippen molar-refractivity contribution in [1.29, 1.82) is 5.26 Å². The van der Waals surface area contributed by atoms with Gasteiger partial charge in [-0.15, -0.1) is 0 Å². The number of anilines is 2. The summed E-state index contributed by atoms with van der Waals surface area (Å²) >= 11 is 0. The normalized spacial score (nSPS) is 23.7. The van der Waals surface area contributed by atoms with Crippen LogP contribution in [0.5, 0.6) is 6.01 Å². The summed E-state index contributed by atoms with van der Waals surface area (Å²) in [6.45, 7) is 5.22. The second kappa shape index (κ2) is 14.2. The van der Waals surface area contributed by atoms with E-state index in [2.05, 4.69) is 52.1 Å². The molecule has 1 aromatic carbocycles. The minimum Gasteiger partial charge on any atom is -0.462 e. The van der Waals surface area contributed by atoms with Gasteiger partial charge in [-0.1, -0.05) is 24.3 Å². The topological polar surface area (TPSA) is 92.1 Å². The van der Waals surface area contributed by atoms with Crippen molar-refractivity contribution in [2.45, 2.75) is 69.5 Å². The summed E-state index contributed by atoms with van der Waals surface area (Å²) in [5, 5.41) is 9.69. The van der Waals surface area contributed by atoms with E-state index >= 15 is 0 Å². The van der Waals surface area contributed by atoms with E-state index in [-0.39, 0.29) is 18.4 Å². The van der Waals surface area contributed by atoms with Crippen molar-refractivity contribution in [2.24, 2.45) is 0 Å². The average Bonchev–Trinajstić information content (AvgIpc) is 3.47. The van der Waals surface area contributed by atoms with Gasteiger partial charge in [0.15, 0.2) is 0 Å². The molecule has 45 heavy (non-hydrogen) atoms. The van der Waals surface area contributed by atoms with Gasteiger partial charge in [0.05, 0.1) is 24.2 Å². The maximum Gasteiger partial charge on any atom is 0.318 e. The van der Waals surface area contributed by atoms with Gasteiger partial charge in [-0.3, -0.25) is 4.79 Å². The largest absolute Gasteiger partial charge is 0.462 e. The summed E-state index contributed by atoms with van der Waals surface area (Å²) in [5.74, 6) is 0.890. The first kappa shape index (κ1) is 31.3. The Labute approximate surface area is 268 Å². The summed E-state index contributed by atoms with van der Waals surface area (Å²) < 4.78 is 6.36. The number of piperazine rings is 1. The van der Waals surface area contributed by atoms with Gasteiger partial charge in [-0.25, -0.2) is 0 Å². The van der Waals surface area contributed by atoms with Crippen molar-refractivity contribution in [2.75, 3.05) is 76.8 Å². The van der Waals surface area contributed by atoms with E-state index in [1.165, 1.54) is 29.7 Å². The van der Waals surface area contributed by atoms with E-state index in [1.54, 1.807) is 6.08 Å². The highest BCUT2D eigenvalue weighted by Gasteiger charge is 2.35. The summed E-state index contributed by atoms with van der Waals surface area (Å²) in [4.78, 5) is 34.4. The number of likely N-dealkylation sites (tertiary alicyclic amines) is 1. The van der Waals surface area contributed by atoms with Crippen LogP contribution in [0.2, 0.25) is 0 Å². The Bertz CT molecular complexity index is 1420. The van der Waals surface area contributed by atoms with Crippen LogP contribution in [0.3, 0.4) is 0 Å². The number of ether oxygens (including phenoxy) is 1. The zero-order valence-electron chi connectivity index (χ0n) is 27.2. The van der Waals surface area contributed by atoms with E-state index in [1.807, 2.05) is 30.0 Å². The number of hydrogen-bond donors (Lipinski definition) is 0. The second-order valence-corrected chi connectivity index (χ2v) is 13.3. The van der Waals surface area contributed by atoms with Gasteiger partial charge in [-0.2, -0.15) is 15.2 Å². The Balaban J connectivity index is 1.26. The van der Waals surface area contributed by atoms with Gasteiger partial charge in [-0.05, 0) is 77.8 Å². The van der Waals surface area contributed by atoms with Crippen molar-refractivity contribution in [1.82, 2.24) is 24.7 Å². The Morgan fingerprint density at radius 3 is 2.76 bits per heavy atom. The fourth-order valence-electron chi connectivity index (χ4n) is 7.53. The van der Waals surface area contributed by atoms with Gasteiger partial charge >= 0.3 is 6.01 Å². The minimum atomic E-state index is -0.205. The zero-order valence-corrected chi connectivity index (χ0v) is 27.2. The number of aromatic nitrogens is 2. The Morgan fingerprint density at radius 2 is 1.96 bits per heavy atom. The fraction of sp³-hybridized carbons (Fsp3) is 0.600. The molecule has 0 saturated carbocycles. The van der Waals surface area contributed by atoms with Gasteiger partial charge in [0, 0.05) is 68.6 Å². The lowest BCUT2D eigenvalue weighted by Gasteiger charge is -2.43. The average molecular weight is 613 g/mol. The molecule has 0 bridgehead atoms. The molecule has 10 heteroatoms. The van der Waals surface area contributed by atoms with Crippen LogP contribution in [-0.2, 0) is 24.1 Å². The summed E-state index contributed by atoms with van der Waals surface area (Å²) in [6.07, 6.45) is 11.2. The number of likely N-dealkylation sites (N-methyl/N-ethyl adjacent to an activating group) is 2. The maximum absolute atomic E-state index is 13.1. The predicted molar refractivity (Wildman–Crippen MR) is 177 cm³/mol. The molecular weight excluding hydrogens is 564 g/mol. The van der Waals surface area contributed by atoms with E-state index < -0.39 is 0 Å². The van der Waals surface area contributed by atoms with Crippen LogP contribution in [0.4, 0.5) is 11.5 Å². The first-order chi connectivity index (χ1) is 21.9. The number of nitrogens with zero attached hydrogens (tertiary/aromatic N) is 8. The number of benzene rings is 1. The standard InChI is InChI=1S/C35H48N8O2/c1-39(2)18-8-13-33(44)43-22-21-41(24-28(43)16-17-36)34-30-15-14-27(42-20-6-10-26-9-4-5-12-32(26)42)23-31(30)37-35(38-34)45-25-29-11-7-19-40(29)3/h4-5,8-9,12-13,27-29H,6-7,10-11,14-16,18-25H2,1-3H3. The van der Waals surface area contributed by atoms with Gasteiger partial charge in [0.1, 0.15) is 12.4 Å². The molecule has 3 unspecified atom stereocenters. The molecular formula is C35H48N8O2. The highest BCUT2D eigenvalue weighted by atomic mass is 16.5. The minimum absolute atomic E-state index is 0.0316. The highest BCUT2D eigenvalue weighted by Crippen LogP contribution is 2.37. The van der Waals surface area contributed by atoms with E-state index in [0.29, 0.717) is 50.9 Å². The molecule has 2 aromatic rings. The van der Waals surface area contributed by atoms with Crippen LogP contribution in [0, 0.1) is 11.3 Å². The first-order valence-electron chi connectivity index (χ1n) is 16.7. The number of hydrogen-bond acceptors (Lipinski definition) is 9. The third kappa shape index (κ3) is 7.10. The number of carbonyl (C=O) groups is 1. The molecule has 1 aliphatic carbocycles. The second-order valence-electron chi connectivity index (χ2n) is 13.3. The number of nitriles is 1. The quantitative estimate of drug-likeness (QED) is 0.396. The van der Waals surface area contributed by atoms with Gasteiger partial charge in [0.2, 0.25) is 5.91 Å². The van der Waals surface area contributed by atoms with Crippen molar-refractivity contribution in [3.8, 4) is 12.1 Å². The summed E-state index contributed by atoms with van der Waals surface area (Å²) in [6, 6.07) is 12.2. The highest BCUT2D eigenvalue weighted by molar-refractivity contribution is 5.88. The molecule has 2 saturated heterocycles. The molecule has 4 aliphatic rings. The van der Waals surface area contributed by atoms with Crippen LogP contribution in [0.1, 0.15) is 48.9 Å². The number of aryl methyl sites for hydroxylation is 1. The zero-order chi connectivity index (χ0) is 31.3. The molecule has 3 atom stereocenters. The molecule has 1 amide bonds. The lowest BCUT2D eigenvalue weighted by molar-refractivity contribution is -0.128. The molecule has 10 nitrogen and oxygen atoms in total. The lowest BCUT2D eigenvalue weighted by atomic mass is 9.88. The number of rotatable bonds is 9. The molecule has 0 spiro atoms. The monoisotopic (exact) mass is 612 g/mol. The molecule has 0 radical (unpaired) electrons. The van der Waals surface area contributed by atoms with Crippen molar-refractivity contribution in [3.63, 3.8) is 0 Å². The number of carbonyl (C=O) groups excluding carboxylic acids is 1. The molecule has 1 aromatic heterocycles. The third-order valence-electron chi connectivity index (χ3n) is 9.99. The molecule has 2 fully saturated rings. The lowest BCUT2D eigenvalue weighted by Crippen LogP contribution is -2.55. The number of para-hydroxylation sites is 1. The van der Waals surface area contributed by atoms with Gasteiger partial charge < -0.3 is 29.2 Å². The van der Waals surface area contributed by atoms with Crippen LogP contribution in [-0.4, -0.2) is 116 Å².